The van der Waals surface area contributed by atoms with Crippen LogP contribution in [0.1, 0.15) is 19.8 Å². The fourth-order valence-corrected chi connectivity index (χ4v) is 4.56. The third-order valence-corrected chi connectivity index (χ3v) is 5.92. The van der Waals surface area contributed by atoms with Gasteiger partial charge in [0.15, 0.2) is 0 Å². The van der Waals surface area contributed by atoms with Crippen LogP contribution in [0.5, 0.6) is 11.5 Å². The maximum Gasteiger partial charge on any atom is 0.248 e. The van der Waals surface area contributed by atoms with Crippen LogP contribution < -0.4 is 14.8 Å². The molecule has 0 saturated carbocycles. The Morgan fingerprint density at radius 2 is 2.17 bits per heavy atom. The second-order valence-electron chi connectivity index (χ2n) is 5.82. The Bertz CT molecular complexity index is 651. The molecule has 6 nitrogen and oxygen atoms in total. The van der Waals surface area contributed by atoms with Gasteiger partial charge in [0.1, 0.15) is 17.5 Å². The van der Waals surface area contributed by atoms with Gasteiger partial charge in [-0.05, 0) is 25.5 Å². The highest BCUT2D eigenvalue weighted by Crippen LogP contribution is 2.47. The zero-order valence-corrected chi connectivity index (χ0v) is 14.2. The van der Waals surface area contributed by atoms with Crippen molar-refractivity contribution in [2.24, 2.45) is 0 Å². The second kappa shape index (κ2) is 5.96. The summed E-state index contributed by atoms with van der Waals surface area (Å²) in [5.74, 6) is 1.67. The van der Waals surface area contributed by atoms with Gasteiger partial charge in [-0.25, -0.2) is 0 Å². The van der Waals surface area contributed by atoms with Crippen LogP contribution in [0.4, 0.5) is 5.69 Å². The van der Waals surface area contributed by atoms with Crippen molar-refractivity contribution in [2.45, 2.75) is 30.7 Å². The number of rotatable bonds is 4. The summed E-state index contributed by atoms with van der Waals surface area (Å²) in [5.41, 5.74) is 0.573. The molecule has 0 bridgehead atoms. The predicted octanol–water partition coefficient (Wildman–Crippen LogP) is 2.10. The number of nitrogens with one attached hydrogen (secondary N) is 1. The molecular weight excluding hydrogens is 316 g/mol. The largest absolute Gasteiger partial charge is 0.497 e. The van der Waals surface area contributed by atoms with E-state index in [4.69, 9.17) is 9.47 Å². The summed E-state index contributed by atoms with van der Waals surface area (Å²) in [7, 11) is 3.11. The average molecular weight is 336 g/mol. The van der Waals surface area contributed by atoms with Crippen LogP contribution in [0.2, 0.25) is 0 Å². The highest BCUT2D eigenvalue weighted by atomic mass is 32.2. The van der Waals surface area contributed by atoms with Crippen molar-refractivity contribution < 1.29 is 19.1 Å². The van der Waals surface area contributed by atoms with E-state index >= 15 is 0 Å². The molecule has 1 aromatic carbocycles. The molecular formula is C16H20N2O4S. The summed E-state index contributed by atoms with van der Waals surface area (Å²) in [6.07, 6.45) is 1.31. The summed E-state index contributed by atoms with van der Waals surface area (Å²) >= 11 is 1.68. The summed E-state index contributed by atoms with van der Waals surface area (Å²) in [5, 5.41) is 2.88. The van der Waals surface area contributed by atoms with Gasteiger partial charge in [0.2, 0.25) is 11.8 Å². The first-order valence-electron chi connectivity index (χ1n) is 7.47. The van der Waals surface area contributed by atoms with Crippen molar-refractivity contribution >= 4 is 29.3 Å². The summed E-state index contributed by atoms with van der Waals surface area (Å²) < 4.78 is 10.5. The number of carbonyl (C=O) groups is 2. The topological polar surface area (TPSA) is 67.9 Å². The predicted molar refractivity (Wildman–Crippen MR) is 88.9 cm³/mol. The molecule has 2 atom stereocenters. The smallest absolute Gasteiger partial charge is 0.248 e. The lowest BCUT2D eigenvalue weighted by Gasteiger charge is -2.30. The fourth-order valence-electron chi connectivity index (χ4n) is 3.13. The Morgan fingerprint density at radius 1 is 1.39 bits per heavy atom. The molecule has 0 aliphatic carbocycles. The number of fused-ring (bicyclic) bond motifs is 1. The van der Waals surface area contributed by atoms with Crippen molar-refractivity contribution in [1.82, 2.24) is 4.90 Å². The minimum absolute atomic E-state index is 0.0549. The number of benzene rings is 1. The van der Waals surface area contributed by atoms with E-state index in [1.54, 1.807) is 42.0 Å². The van der Waals surface area contributed by atoms with Crippen molar-refractivity contribution in [1.29, 1.82) is 0 Å². The third-order valence-electron chi connectivity index (χ3n) is 4.41. The van der Waals surface area contributed by atoms with Gasteiger partial charge in [0.25, 0.3) is 0 Å². The van der Waals surface area contributed by atoms with Gasteiger partial charge in [-0.1, -0.05) is 0 Å². The van der Waals surface area contributed by atoms with Crippen molar-refractivity contribution in [3.8, 4) is 11.5 Å². The van der Waals surface area contributed by atoms with Gasteiger partial charge in [0, 0.05) is 18.2 Å². The molecule has 2 aliphatic rings. The number of nitrogens with zero attached hydrogens (tertiary/aromatic N) is 1. The van der Waals surface area contributed by atoms with Crippen molar-refractivity contribution in [2.75, 3.05) is 25.3 Å². The summed E-state index contributed by atoms with van der Waals surface area (Å²) in [4.78, 5) is 26.3. The number of hydrogen-bond acceptors (Lipinski definition) is 5. The number of amides is 2. The molecule has 0 unspecified atom stereocenters. The van der Waals surface area contributed by atoms with Gasteiger partial charge in [-0.3, -0.25) is 9.59 Å². The van der Waals surface area contributed by atoms with Crippen LogP contribution in [0.15, 0.2) is 18.2 Å². The average Bonchev–Trinajstić information content (AvgIpc) is 3.04. The number of anilines is 1. The first-order valence-corrected chi connectivity index (χ1v) is 8.46. The normalized spacial score (nSPS) is 26.1. The Labute approximate surface area is 139 Å². The van der Waals surface area contributed by atoms with Crippen LogP contribution >= 0.6 is 11.8 Å². The van der Waals surface area contributed by atoms with E-state index in [0.29, 0.717) is 29.4 Å². The highest BCUT2D eigenvalue weighted by molar-refractivity contribution is 8.01. The molecule has 1 aromatic rings. The molecule has 2 fully saturated rings. The van der Waals surface area contributed by atoms with E-state index in [2.05, 4.69) is 5.32 Å². The van der Waals surface area contributed by atoms with Gasteiger partial charge in [-0.15, -0.1) is 11.8 Å². The minimum Gasteiger partial charge on any atom is -0.497 e. The number of ether oxygens (including phenoxy) is 2. The molecule has 124 valence electrons. The van der Waals surface area contributed by atoms with E-state index in [9.17, 15) is 9.59 Å². The number of methoxy groups -OCH3 is 2. The minimum atomic E-state index is -0.438. The van der Waals surface area contributed by atoms with E-state index < -0.39 is 6.04 Å². The van der Waals surface area contributed by atoms with Crippen LogP contribution in [0.3, 0.4) is 0 Å². The highest BCUT2D eigenvalue weighted by Gasteiger charge is 2.52. The standard InChI is InChI=1S/C16H20N2O4S/c1-16-7-6-14(19)18(16)12(9-23-16)15(20)17-11-5-4-10(21-2)8-13(11)22-3/h4-5,8,12H,6-7,9H2,1-3H3,(H,17,20)/t12-,16+/m1/s1. The van der Waals surface area contributed by atoms with Crippen molar-refractivity contribution in [3.63, 3.8) is 0 Å². The zero-order valence-electron chi connectivity index (χ0n) is 13.4. The zero-order chi connectivity index (χ0) is 16.6. The molecule has 3 rings (SSSR count). The van der Waals surface area contributed by atoms with Crippen LogP contribution in [0, 0.1) is 0 Å². The van der Waals surface area contributed by atoms with Crippen LogP contribution in [0.25, 0.3) is 0 Å². The third kappa shape index (κ3) is 2.73. The first kappa shape index (κ1) is 16.0. The fraction of sp³-hybridized carbons (Fsp3) is 0.500. The molecule has 2 aliphatic heterocycles. The number of hydrogen-bond donors (Lipinski definition) is 1. The summed E-state index contributed by atoms with van der Waals surface area (Å²) in [6.45, 7) is 2.03. The lowest BCUT2D eigenvalue weighted by Crippen LogP contribution is -2.48. The van der Waals surface area contributed by atoms with Gasteiger partial charge in [0.05, 0.1) is 24.8 Å². The lowest BCUT2D eigenvalue weighted by atomic mass is 10.2. The molecule has 1 N–H and O–H groups in total. The maximum absolute atomic E-state index is 12.7. The molecule has 2 amide bonds. The molecule has 7 heteroatoms. The van der Waals surface area contributed by atoms with E-state index in [1.807, 2.05) is 6.92 Å². The monoisotopic (exact) mass is 336 g/mol. The van der Waals surface area contributed by atoms with Gasteiger partial charge < -0.3 is 19.7 Å². The molecule has 0 aromatic heterocycles. The van der Waals surface area contributed by atoms with E-state index in [1.165, 1.54) is 7.11 Å². The van der Waals surface area contributed by atoms with Crippen LogP contribution in [-0.4, -0.2) is 47.6 Å². The molecule has 2 heterocycles. The maximum atomic E-state index is 12.7. The van der Waals surface area contributed by atoms with Crippen LogP contribution in [-0.2, 0) is 9.59 Å². The Kier molecular flexibility index (Phi) is 4.14. The lowest BCUT2D eigenvalue weighted by molar-refractivity contribution is -0.135. The number of carbonyl (C=O) groups excluding carboxylic acids is 2. The van der Waals surface area contributed by atoms with E-state index in [-0.39, 0.29) is 16.7 Å². The summed E-state index contributed by atoms with van der Waals surface area (Å²) in [6, 6.07) is 4.77. The molecule has 0 radical (unpaired) electrons. The Morgan fingerprint density at radius 3 is 2.87 bits per heavy atom. The second-order valence-corrected chi connectivity index (χ2v) is 7.32. The quantitative estimate of drug-likeness (QED) is 0.912. The van der Waals surface area contributed by atoms with Gasteiger partial charge in [-0.2, -0.15) is 0 Å². The Balaban J connectivity index is 1.79. The molecule has 2 saturated heterocycles. The number of thioether (sulfide) groups is 1. The van der Waals surface area contributed by atoms with E-state index in [0.717, 1.165) is 6.42 Å². The molecule has 0 spiro atoms. The Hall–Kier alpha value is -1.89. The van der Waals surface area contributed by atoms with Crippen molar-refractivity contribution in [3.05, 3.63) is 18.2 Å². The molecule has 23 heavy (non-hydrogen) atoms. The SMILES string of the molecule is COc1ccc(NC(=O)[C@H]2CS[C@@]3(C)CCC(=O)N23)c(OC)c1. The van der Waals surface area contributed by atoms with Gasteiger partial charge >= 0.3 is 0 Å². The first-order chi connectivity index (χ1) is 11.0.